The summed E-state index contributed by atoms with van der Waals surface area (Å²) in [5.74, 6) is 0.343. The minimum atomic E-state index is -0.322. The molecule has 2 heterocycles. The van der Waals surface area contributed by atoms with Crippen LogP contribution in [-0.2, 0) is 4.79 Å². The first-order valence-corrected chi connectivity index (χ1v) is 9.11. The molecule has 7 heteroatoms. The van der Waals surface area contributed by atoms with Crippen molar-refractivity contribution in [1.29, 1.82) is 0 Å². The molecule has 1 unspecified atom stereocenters. The van der Waals surface area contributed by atoms with E-state index in [1.54, 1.807) is 24.0 Å². The van der Waals surface area contributed by atoms with Crippen LogP contribution in [0.4, 0.5) is 15.8 Å². The van der Waals surface area contributed by atoms with Gasteiger partial charge in [-0.2, -0.15) is 4.98 Å². The summed E-state index contributed by atoms with van der Waals surface area (Å²) in [6.45, 7) is 2.08. The predicted octanol–water partition coefficient (Wildman–Crippen LogP) is 3.77. The van der Waals surface area contributed by atoms with Crippen LogP contribution in [0.15, 0.2) is 47.0 Å². The van der Waals surface area contributed by atoms with Gasteiger partial charge in [0.2, 0.25) is 5.91 Å². The molecule has 1 aromatic heterocycles. The van der Waals surface area contributed by atoms with Gasteiger partial charge in [-0.15, -0.1) is 0 Å². The van der Waals surface area contributed by atoms with Gasteiger partial charge in [-0.1, -0.05) is 11.2 Å². The summed E-state index contributed by atoms with van der Waals surface area (Å²) < 4.78 is 19.3. The molecule has 0 spiro atoms. The third-order valence-corrected chi connectivity index (χ3v) is 5.09. The van der Waals surface area contributed by atoms with Crippen molar-refractivity contribution in [3.8, 4) is 11.5 Å². The molecule has 144 valence electrons. The summed E-state index contributed by atoms with van der Waals surface area (Å²) in [6.07, 6.45) is 0.272. The second-order valence-corrected chi connectivity index (χ2v) is 7.19. The van der Waals surface area contributed by atoms with Gasteiger partial charge in [0.05, 0.1) is 0 Å². The van der Waals surface area contributed by atoms with Crippen LogP contribution in [0.5, 0.6) is 0 Å². The molecule has 4 rings (SSSR count). The minimum Gasteiger partial charge on any atom is -0.378 e. The zero-order valence-electron chi connectivity index (χ0n) is 16.0. The number of carbonyl (C=O) groups excluding carboxylic acids is 1. The van der Waals surface area contributed by atoms with Crippen molar-refractivity contribution in [3.63, 3.8) is 0 Å². The van der Waals surface area contributed by atoms with E-state index in [1.165, 1.54) is 6.07 Å². The van der Waals surface area contributed by atoms with Crippen LogP contribution in [0.2, 0.25) is 0 Å². The number of rotatable bonds is 4. The number of anilines is 2. The highest BCUT2D eigenvalue weighted by Gasteiger charge is 2.35. The van der Waals surface area contributed by atoms with Crippen LogP contribution in [0, 0.1) is 12.7 Å². The van der Waals surface area contributed by atoms with Crippen LogP contribution < -0.4 is 9.80 Å². The highest BCUT2D eigenvalue weighted by Crippen LogP contribution is 2.33. The van der Waals surface area contributed by atoms with Crippen molar-refractivity contribution in [1.82, 2.24) is 10.1 Å². The summed E-state index contributed by atoms with van der Waals surface area (Å²) in [5, 5.41) is 4.09. The quantitative estimate of drug-likeness (QED) is 0.689. The normalized spacial score (nSPS) is 16.6. The van der Waals surface area contributed by atoms with Gasteiger partial charge in [-0.05, 0) is 43.3 Å². The molecule has 0 saturated carbocycles. The number of aromatic nitrogens is 2. The average Bonchev–Trinajstić information content (AvgIpc) is 3.31. The fourth-order valence-corrected chi connectivity index (χ4v) is 3.42. The van der Waals surface area contributed by atoms with Crippen LogP contribution in [0.1, 0.15) is 23.7 Å². The molecule has 3 aromatic rings. The molecule has 1 saturated heterocycles. The number of amides is 1. The lowest BCUT2D eigenvalue weighted by atomic mass is 10.1. The van der Waals surface area contributed by atoms with E-state index in [-0.39, 0.29) is 24.1 Å². The first kappa shape index (κ1) is 18.2. The van der Waals surface area contributed by atoms with Gasteiger partial charge in [-0.3, -0.25) is 4.79 Å². The second-order valence-electron chi connectivity index (χ2n) is 7.19. The molecule has 0 N–H and O–H groups in total. The Hall–Kier alpha value is -3.22. The number of hydrogen-bond acceptors (Lipinski definition) is 5. The lowest BCUT2D eigenvalue weighted by Gasteiger charge is -2.18. The molecule has 1 aliphatic heterocycles. The molecule has 28 heavy (non-hydrogen) atoms. The maximum Gasteiger partial charge on any atom is 0.257 e. The lowest BCUT2D eigenvalue weighted by molar-refractivity contribution is -0.117. The number of hydrogen-bond donors (Lipinski definition) is 0. The topological polar surface area (TPSA) is 62.5 Å². The third kappa shape index (κ3) is 3.24. The number of carbonyl (C=O) groups is 1. The van der Waals surface area contributed by atoms with E-state index in [4.69, 9.17) is 4.52 Å². The molecule has 1 aliphatic rings. The molecule has 0 radical (unpaired) electrons. The van der Waals surface area contributed by atoms with Gasteiger partial charge in [0.1, 0.15) is 5.82 Å². The third-order valence-electron chi connectivity index (χ3n) is 5.09. The largest absolute Gasteiger partial charge is 0.378 e. The van der Waals surface area contributed by atoms with Gasteiger partial charge in [-0.25, -0.2) is 4.39 Å². The van der Waals surface area contributed by atoms with E-state index in [0.29, 0.717) is 29.5 Å². The molecular weight excluding hydrogens is 359 g/mol. The predicted molar refractivity (Wildman–Crippen MR) is 105 cm³/mol. The van der Waals surface area contributed by atoms with Crippen molar-refractivity contribution in [3.05, 3.63) is 59.7 Å². The first-order chi connectivity index (χ1) is 13.4. The highest BCUT2D eigenvalue weighted by molar-refractivity contribution is 5.97. The van der Waals surface area contributed by atoms with Crippen LogP contribution in [-0.4, -0.2) is 36.7 Å². The molecule has 1 atom stereocenters. The van der Waals surface area contributed by atoms with E-state index < -0.39 is 0 Å². The Labute approximate surface area is 162 Å². The molecule has 1 amide bonds. The summed E-state index contributed by atoms with van der Waals surface area (Å²) in [6, 6.07) is 12.6. The summed E-state index contributed by atoms with van der Waals surface area (Å²) >= 11 is 0. The molecule has 6 nitrogen and oxygen atoms in total. The van der Waals surface area contributed by atoms with E-state index in [2.05, 4.69) is 10.1 Å². The Morgan fingerprint density at radius 1 is 1.18 bits per heavy atom. The summed E-state index contributed by atoms with van der Waals surface area (Å²) in [4.78, 5) is 20.6. The molecule has 0 bridgehead atoms. The maximum atomic E-state index is 13.9. The lowest BCUT2D eigenvalue weighted by Crippen LogP contribution is -2.25. The Morgan fingerprint density at radius 3 is 2.64 bits per heavy atom. The van der Waals surface area contributed by atoms with E-state index in [9.17, 15) is 9.18 Å². The van der Waals surface area contributed by atoms with Gasteiger partial charge in [0.25, 0.3) is 5.89 Å². The van der Waals surface area contributed by atoms with Gasteiger partial charge in [0.15, 0.2) is 5.82 Å². The summed E-state index contributed by atoms with van der Waals surface area (Å²) in [5.41, 5.74) is 2.96. The summed E-state index contributed by atoms with van der Waals surface area (Å²) in [7, 11) is 3.95. The van der Waals surface area contributed by atoms with Crippen LogP contribution in [0.25, 0.3) is 11.5 Å². The highest BCUT2D eigenvalue weighted by atomic mass is 19.1. The zero-order chi connectivity index (χ0) is 19.8. The SMILES string of the molecule is Cc1c(F)cccc1N1CC(c2noc(-c3ccc(N(C)C)cc3)n2)CC1=O. The Bertz CT molecular complexity index is 1010. The molecular formula is C21H21FN4O2. The van der Waals surface area contributed by atoms with Gasteiger partial charge >= 0.3 is 0 Å². The van der Waals surface area contributed by atoms with E-state index in [1.807, 2.05) is 43.3 Å². The van der Waals surface area contributed by atoms with Crippen LogP contribution >= 0.6 is 0 Å². The van der Waals surface area contributed by atoms with Crippen molar-refractivity contribution >= 4 is 17.3 Å². The number of benzene rings is 2. The average molecular weight is 380 g/mol. The zero-order valence-corrected chi connectivity index (χ0v) is 16.0. The van der Waals surface area contributed by atoms with Gasteiger partial charge in [0, 0.05) is 55.5 Å². The first-order valence-electron chi connectivity index (χ1n) is 9.11. The fourth-order valence-electron chi connectivity index (χ4n) is 3.42. The Balaban J connectivity index is 1.55. The van der Waals surface area contributed by atoms with Crippen molar-refractivity contribution in [2.24, 2.45) is 0 Å². The minimum absolute atomic E-state index is 0.0691. The molecule has 0 aliphatic carbocycles. The van der Waals surface area contributed by atoms with Gasteiger partial charge < -0.3 is 14.3 Å². The van der Waals surface area contributed by atoms with Crippen molar-refractivity contribution in [2.75, 3.05) is 30.4 Å². The molecule has 1 fully saturated rings. The maximum absolute atomic E-state index is 13.9. The van der Waals surface area contributed by atoms with Crippen molar-refractivity contribution in [2.45, 2.75) is 19.3 Å². The Kier molecular flexibility index (Phi) is 4.58. The second kappa shape index (κ2) is 7.07. The van der Waals surface area contributed by atoms with E-state index in [0.717, 1.165) is 11.3 Å². The standard InChI is InChI=1S/C21H21FN4O2/c1-13-17(22)5-4-6-18(13)26-12-15(11-19(26)27)20-23-21(28-24-20)14-7-9-16(10-8-14)25(2)3/h4-10,15H,11-12H2,1-3H3. The molecule has 2 aromatic carbocycles. The smallest absolute Gasteiger partial charge is 0.257 e. The van der Waals surface area contributed by atoms with Crippen molar-refractivity contribution < 1.29 is 13.7 Å². The fraction of sp³-hybridized carbons (Fsp3) is 0.286. The van der Waals surface area contributed by atoms with E-state index >= 15 is 0 Å². The monoisotopic (exact) mass is 380 g/mol. The Morgan fingerprint density at radius 2 is 1.93 bits per heavy atom. The van der Waals surface area contributed by atoms with Crippen LogP contribution in [0.3, 0.4) is 0 Å². The number of nitrogens with zero attached hydrogens (tertiary/aromatic N) is 4. The number of halogens is 1.